The normalized spacial score (nSPS) is 22.2. The second-order valence-corrected chi connectivity index (χ2v) is 5.05. The van der Waals surface area contributed by atoms with E-state index in [4.69, 9.17) is 10.5 Å². The summed E-state index contributed by atoms with van der Waals surface area (Å²) in [4.78, 5) is 13.8. The van der Waals surface area contributed by atoms with E-state index in [1.54, 1.807) is 4.90 Å². The van der Waals surface area contributed by atoms with E-state index >= 15 is 0 Å². The van der Waals surface area contributed by atoms with Gasteiger partial charge in [0.1, 0.15) is 0 Å². The van der Waals surface area contributed by atoms with E-state index in [0.29, 0.717) is 5.92 Å². The number of nitrogens with two attached hydrogens (primary N) is 1. The van der Waals surface area contributed by atoms with Crippen LogP contribution in [0.2, 0.25) is 0 Å². The highest BCUT2D eigenvalue weighted by molar-refractivity contribution is 5.81. The van der Waals surface area contributed by atoms with Gasteiger partial charge >= 0.3 is 0 Å². The summed E-state index contributed by atoms with van der Waals surface area (Å²) in [6, 6.07) is -0.329. The molecule has 0 aromatic heterocycles. The van der Waals surface area contributed by atoms with E-state index < -0.39 is 0 Å². The van der Waals surface area contributed by atoms with E-state index in [1.165, 1.54) is 0 Å². The fourth-order valence-corrected chi connectivity index (χ4v) is 2.26. The van der Waals surface area contributed by atoms with E-state index in [-0.39, 0.29) is 11.9 Å². The van der Waals surface area contributed by atoms with Crippen LogP contribution in [0.15, 0.2) is 0 Å². The van der Waals surface area contributed by atoms with Gasteiger partial charge < -0.3 is 15.4 Å². The monoisotopic (exact) mass is 242 g/mol. The fourth-order valence-electron chi connectivity index (χ4n) is 2.26. The molecule has 1 aliphatic heterocycles. The predicted molar refractivity (Wildman–Crippen MR) is 68.7 cm³/mol. The third-order valence-corrected chi connectivity index (χ3v) is 3.35. The first-order valence-electron chi connectivity index (χ1n) is 6.73. The van der Waals surface area contributed by atoms with E-state index in [0.717, 1.165) is 51.9 Å². The van der Waals surface area contributed by atoms with Crippen molar-refractivity contribution in [3.63, 3.8) is 0 Å². The second kappa shape index (κ2) is 7.67. The van der Waals surface area contributed by atoms with Crippen molar-refractivity contribution in [1.29, 1.82) is 0 Å². The van der Waals surface area contributed by atoms with Gasteiger partial charge in [0.05, 0.1) is 12.6 Å². The van der Waals surface area contributed by atoms with Gasteiger partial charge in [-0.2, -0.15) is 0 Å². The van der Waals surface area contributed by atoms with Crippen LogP contribution in [-0.4, -0.2) is 43.7 Å². The van der Waals surface area contributed by atoms with Gasteiger partial charge in [-0.3, -0.25) is 4.79 Å². The van der Waals surface area contributed by atoms with Crippen molar-refractivity contribution in [3.8, 4) is 0 Å². The molecule has 0 aliphatic carbocycles. The number of rotatable bonds is 6. The minimum Gasteiger partial charge on any atom is -0.381 e. The largest absolute Gasteiger partial charge is 0.381 e. The molecular weight excluding hydrogens is 216 g/mol. The van der Waals surface area contributed by atoms with E-state index in [2.05, 4.69) is 6.92 Å². The first-order valence-corrected chi connectivity index (χ1v) is 6.73. The molecule has 1 fully saturated rings. The van der Waals surface area contributed by atoms with Gasteiger partial charge in [-0.05, 0) is 25.2 Å². The smallest absolute Gasteiger partial charge is 0.239 e. The molecule has 100 valence electrons. The van der Waals surface area contributed by atoms with Crippen LogP contribution in [0.25, 0.3) is 0 Å². The quantitative estimate of drug-likeness (QED) is 0.765. The minimum atomic E-state index is -0.329. The Kier molecular flexibility index (Phi) is 6.52. The molecule has 2 atom stereocenters. The fraction of sp³-hybridized carbons (Fsp3) is 0.923. The molecular formula is C13H26N2O2. The number of amides is 1. The molecule has 1 aliphatic rings. The second-order valence-electron chi connectivity index (χ2n) is 5.05. The number of ether oxygens (including phenoxy) is 1. The maximum absolute atomic E-state index is 12.0. The topological polar surface area (TPSA) is 55.6 Å². The molecule has 0 radical (unpaired) electrons. The first kappa shape index (κ1) is 14.5. The van der Waals surface area contributed by atoms with Crippen molar-refractivity contribution in [1.82, 2.24) is 4.90 Å². The van der Waals surface area contributed by atoms with Crippen LogP contribution in [0.1, 0.15) is 39.0 Å². The van der Waals surface area contributed by atoms with Crippen molar-refractivity contribution in [3.05, 3.63) is 0 Å². The van der Waals surface area contributed by atoms with Gasteiger partial charge in [-0.15, -0.1) is 0 Å². The van der Waals surface area contributed by atoms with Crippen molar-refractivity contribution < 1.29 is 9.53 Å². The lowest BCUT2D eigenvalue weighted by atomic mass is 10.0. The van der Waals surface area contributed by atoms with Gasteiger partial charge in [-0.25, -0.2) is 0 Å². The Labute approximate surface area is 104 Å². The Hall–Kier alpha value is -0.610. The van der Waals surface area contributed by atoms with Gasteiger partial charge in [0.2, 0.25) is 5.91 Å². The third-order valence-electron chi connectivity index (χ3n) is 3.35. The van der Waals surface area contributed by atoms with Crippen molar-refractivity contribution in [2.24, 2.45) is 11.7 Å². The van der Waals surface area contributed by atoms with Crippen molar-refractivity contribution >= 4 is 5.91 Å². The van der Waals surface area contributed by atoms with Crippen LogP contribution in [0.5, 0.6) is 0 Å². The van der Waals surface area contributed by atoms with E-state index in [1.807, 2.05) is 7.05 Å². The lowest BCUT2D eigenvalue weighted by molar-refractivity contribution is -0.132. The molecule has 1 rings (SSSR count). The Morgan fingerprint density at radius 2 is 2.35 bits per heavy atom. The molecule has 0 spiro atoms. The molecule has 1 amide bonds. The zero-order valence-corrected chi connectivity index (χ0v) is 11.2. The van der Waals surface area contributed by atoms with Gasteiger partial charge in [0.25, 0.3) is 0 Å². The van der Waals surface area contributed by atoms with Gasteiger partial charge in [-0.1, -0.05) is 19.8 Å². The Morgan fingerprint density at radius 1 is 1.59 bits per heavy atom. The molecule has 0 bridgehead atoms. The summed E-state index contributed by atoms with van der Waals surface area (Å²) in [6.45, 7) is 4.53. The number of carbonyl (C=O) groups excluding carboxylic acids is 1. The molecule has 17 heavy (non-hydrogen) atoms. The summed E-state index contributed by atoms with van der Waals surface area (Å²) >= 11 is 0. The average molecular weight is 242 g/mol. The summed E-state index contributed by atoms with van der Waals surface area (Å²) < 4.78 is 5.42. The van der Waals surface area contributed by atoms with Crippen LogP contribution < -0.4 is 5.73 Å². The molecule has 0 aromatic carbocycles. The molecule has 1 heterocycles. The maximum atomic E-state index is 12.0. The molecule has 4 heteroatoms. The van der Waals surface area contributed by atoms with Crippen molar-refractivity contribution in [2.45, 2.75) is 45.1 Å². The summed E-state index contributed by atoms with van der Waals surface area (Å²) in [5, 5.41) is 0. The number of nitrogens with zero attached hydrogens (tertiary/aromatic N) is 1. The molecule has 0 saturated carbocycles. The Morgan fingerprint density at radius 3 is 2.94 bits per heavy atom. The van der Waals surface area contributed by atoms with Gasteiger partial charge in [0, 0.05) is 20.2 Å². The highest BCUT2D eigenvalue weighted by Crippen LogP contribution is 2.15. The highest BCUT2D eigenvalue weighted by atomic mass is 16.5. The first-order chi connectivity index (χ1) is 8.15. The lowest BCUT2D eigenvalue weighted by Crippen LogP contribution is -2.44. The number of hydrogen-bond donors (Lipinski definition) is 1. The number of hydrogen-bond acceptors (Lipinski definition) is 3. The lowest BCUT2D eigenvalue weighted by Gasteiger charge is -2.28. The standard InChI is InChI=1S/C13H26N2O2/c1-3-4-7-12(14)13(16)15(2)9-11-6-5-8-17-10-11/h11-12H,3-10,14H2,1-2H3/t11?,12-/m0/s1. The van der Waals surface area contributed by atoms with Crippen LogP contribution in [0, 0.1) is 5.92 Å². The number of likely N-dealkylation sites (N-methyl/N-ethyl adjacent to an activating group) is 1. The number of unbranched alkanes of at least 4 members (excludes halogenated alkanes) is 1. The van der Waals surface area contributed by atoms with Crippen LogP contribution in [0.4, 0.5) is 0 Å². The minimum absolute atomic E-state index is 0.0732. The summed E-state index contributed by atoms with van der Waals surface area (Å²) in [6.07, 6.45) is 5.16. The van der Waals surface area contributed by atoms with Crippen molar-refractivity contribution in [2.75, 3.05) is 26.8 Å². The highest BCUT2D eigenvalue weighted by Gasteiger charge is 2.22. The molecule has 4 nitrogen and oxygen atoms in total. The molecule has 1 unspecified atom stereocenters. The van der Waals surface area contributed by atoms with Gasteiger partial charge in [0.15, 0.2) is 0 Å². The summed E-state index contributed by atoms with van der Waals surface area (Å²) in [5.74, 6) is 0.556. The maximum Gasteiger partial charge on any atom is 0.239 e. The number of carbonyl (C=O) groups is 1. The predicted octanol–water partition coefficient (Wildman–Crippen LogP) is 1.39. The summed E-state index contributed by atoms with van der Waals surface area (Å²) in [7, 11) is 1.85. The van der Waals surface area contributed by atoms with Crippen LogP contribution in [0.3, 0.4) is 0 Å². The van der Waals surface area contributed by atoms with Crippen LogP contribution >= 0.6 is 0 Å². The third kappa shape index (κ3) is 5.04. The average Bonchev–Trinajstić information content (AvgIpc) is 2.36. The zero-order chi connectivity index (χ0) is 12.7. The zero-order valence-electron chi connectivity index (χ0n) is 11.2. The molecule has 2 N–H and O–H groups in total. The Bertz CT molecular complexity index is 227. The summed E-state index contributed by atoms with van der Waals surface area (Å²) in [5.41, 5.74) is 5.89. The molecule has 1 saturated heterocycles. The Balaban J connectivity index is 2.29. The van der Waals surface area contributed by atoms with Crippen LogP contribution in [-0.2, 0) is 9.53 Å². The van der Waals surface area contributed by atoms with E-state index in [9.17, 15) is 4.79 Å². The molecule has 0 aromatic rings. The SMILES string of the molecule is CCCC[C@H](N)C(=O)N(C)CC1CCCOC1.